The van der Waals surface area contributed by atoms with Crippen molar-refractivity contribution >= 4 is 23.1 Å². The van der Waals surface area contributed by atoms with E-state index in [1.807, 2.05) is 58.0 Å². The van der Waals surface area contributed by atoms with Crippen LogP contribution in [-0.2, 0) is 15.0 Å². The number of hydrogen-bond donors (Lipinski definition) is 1. The Morgan fingerprint density at radius 1 is 0.881 bits per heavy atom. The molecule has 214 valence electrons. The molecular formula is C35H32FNO5. The van der Waals surface area contributed by atoms with E-state index >= 15 is 0 Å². The van der Waals surface area contributed by atoms with Crippen molar-refractivity contribution in [2.45, 2.75) is 39.2 Å². The molecule has 1 aliphatic heterocycles. The summed E-state index contributed by atoms with van der Waals surface area (Å²) in [6, 6.07) is 25.8. The average Bonchev–Trinajstić information content (AvgIpc) is 3.23. The van der Waals surface area contributed by atoms with Crippen molar-refractivity contribution in [3.8, 4) is 17.2 Å². The van der Waals surface area contributed by atoms with Crippen LogP contribution >= 0.6 is 0 Å². The second-order valence-electron chi connectivity index (χ2n) is 11.0. The number of rotatable bonds is 7. The number of carbonyl (C=O) groups is 2. The fourth-order valence-corrected chi connectivity index (χ4v) is 5.09. The molecule has 0 bridgehead atoms. The van der Waals surface area contributed by atoms with Crippen LogP contribution < -0.4 is 14.4 Å². The van der Waals surface area contributed by atoms with E-state index in [1.165, 1.54) is 29.2 Å². The monoisotopic (exact) mass is 565 g/mol. The zero-order valence-corrected chi connectivity index (χ0v) is 23.9. The molecule has 1 N–H and O–H groups in total. The van der Waals surface area contributed by atoms with Crippen molar-refractivity contribution in [3.05, 3.63) is 125 Å². The molecule has 4 aromatic carbocycles. The predicted octanol–water partition coefficient (Wildman–Crippen LogP) is 7.94. The Labute approximate surface area is 244 Å². The first-order chi connectivity index (χ1) is 20.1. The number of anilines is 1. The lowest BCUT2D eigenvalue weighted by atomic mass is 9.84. The molecule has 6 nitrogen and oxygen atoms in total. The molecule has 0 spiro atoms. The summed E-state index contributed by atoms with van der Waals surface area (Å²) in [6.07, 6.45) is 0. The number of carbonyl (C=O) groups excluding carboxylic acids is 2. The SMILES string of the molecule is CCOc1ccc(/C(O)=C2\C(=O)C(=O)N(c3ccc(F)cc3)C2c2cccc(Oc3ccccc3)c2)cc1C(C)(C)C. The smallest absolute Gasteiger partial charge is 0.300 e. The van der Waals surface area contributed by atoms with E-state index in [0.717, 1.165) is 5.56 Å². The first-order valence-corrected chi connectivity index (χ1v) is 13.8. The van der Waals surface area contributed by atoms with Gasteiger partial charge in [0.15, 0.2) is 0 Å². The van der Waals surface area contributed by atoms with Crippen molar-refractivity contribution in [1.82, 2.24) is 0 Å². The number of aliphatic hydroxyl groups excluding tert-OH is 1. The van der Waals surface area contributed by atoms with E-state index in [4.69, 9.17) is 9.47 Å². The van der Waals surface area contributed by atoms with E-state index < -0.39 is 23.5 Å². The summed E-state index contributed by atoms with van der Waals surface area (Å²) in [6.45, 7) is 8.45. The molecule has 7 heteroatoms. The van der Waals surface area contributed by atoms with Gasteiger partial charge in [-0.1, -0.05) is 51.1 Å². The standard InChI is InChI=1S/C35H32FNO5/c1-5-41-29-19-14-23(21-28(29)35(2,3)4)32(38)30-31(37(34(40)33(30)39)25-17-15-24(36)16-18-25)22-10-9-13-27(20-22)42-26-11-7-6-8-12-26/h6-21,31,38H,5H2,1-4H3/b32-30+. The molecule has 1 saturated heterocycles. The lowest BCUT2D eigenvalue weighted by molar-refractivity contribution is -0.132. The van der Waals surface area contributed by atoms with Crippen molar-refractivity contribution in [3.63, 3.8) is 0 Å². The highest BCUT2D eigenvalue weighted by Crippen LogP contribution is 2.44. The van der Waals surface area contributed by atoms with Gasteiger partial charge in [0, 0.05) is 16.8 Å². The maximum atomic E-state index is 13.8. The van der Waals surface area contributed by atoms with Crippen LogP contribution in [0, 0.1) is 5.82 Å². The number of halogens is 1. The molecule has 0 aliphatic carbocycles. The van der Waals surface area contributed by atoms with Gasteiger partial charge in [-0.05, 0) is 84.6 Å². The largest absolute Gasteiger partial charge is 0.507 e. The molecule has 0 saturated carbocycles. The fourth-order valence-electron chi connectivity index (χ4n) is 5.09. The zero-order valence-electron chi connectivity index (χ0n) is 23.9. The molecule has 5 rings (SSSR count). The van der Waals surface area contributed by atoms with E-state index in [2.05, 4.69) is 0 Å². The number of nitrogens with zero attached hydrogens (tertiary/aromatic N) is 1. The van der Waals surface area contributed by atoms with Gasteiger partial charge in [0.25, 0.3) is 11.7 Å². The second kappa shape index (κ2) is 11.5. The molecule has 42 heavy (non-hydrogen) atoms. The van der Waals surface area contributed by atoms with Crippen LogP contribution in [0.2, 0.25) is 0 Å². The van der Waals surface area contributed by atoms with Gasteiger partial charge in [-0.3, -0.25) is 14.5 Å². The maximum Gasteiger partial charge on any atom is 0.300 e. The van der Waals surface area contributed by atoms with Gasteiger partial charge >= 0.3 is 0 Å². The van der Waals surface area contributed by atoms with Gasteiger partial charge in [0.1, 0.15) is 28.8 Å². The molecule has 1 unspecified atom stereocenters. The van der Waals surface area contributed by atoms with Gasteiger partial charge in [0.05, 0.1) is 18.2 Å². The Kier molecular flexibility index (Phi) is 7.85. The molecule has 1 atom stereocenters. The van der Waals surface area contributed by atoms with Crippen LogP contribution in [0.4, 0.5) is 10.1 Å². The van der Waals surface area contributed by atoms with Crippen LogP contribution in [0.15, 0.2) is 103 Å². The number of hydrogen-bond acceptors (Lipinski definition) is 5. The van der Waals surface area contributed by atoms with Crippen LogP contribution in [-0.4, -0.2) is 23.4 Å². The number of para-hydroxylation sites is 1. The lowest BCUT2D eigenvalue weighted by Gasteiger charge is -2.26. The van der Waals surface area contributed by atoms with Crippen LogP contribution in [0.3, 0.4) is 0 Å². The highest BCUT2D eigenvalue weighted by atomic mass is 19.1. The molecule has 1 aliphatic rings. The summed E-state index contributed by atoms with van der Waals surface area (Å²) in [4.78, 5) is 28.5. The third-order valence-electron chi connectivity index (χ3n) is 7.06. The molecule has 1 amide bonds. The highest BCUT2D eigenvalue weighted by Gasteiger charge is 2.47. The normalized spacial score (nSPS) is 16.5. The quantitative estimate of drug-likeness (QED) is 0.140. The van der Waals surface area contributed by atoms with Crippen LogP contribution in [0.25, 0.3) is 5.76 Å². The second-order valence-corrected chi connectivity index (χ2v) is 11.0. The van der Waals surface area contributed by atoms with Gasteiger partial charge in [0.2, 0.25) is 0 Å². The Hall–Kier alpha value is -4.91. The number of ketones is 1. The van der Waals surface area contributed by atoms with Crippen molar-refractivity contribution in [2.24, 2.45) is 0 Å². The summed E-state index contributed by atoms with van der Waals surface area (Å²) in [5, 5.41) is 11.7. The van der Waals surface area contributed by atoms with E-state index in [9.17, 15) is 19.1 Å². The summed E-state index contributed by atoms with van der Waals surface area (Å²) < 4.78 is 25.7. The Bertz CT molecular complexity index is 1660. The van der Waals surface area contributed by atoms with Crippen molar-refractivity contribution in [1.29, 1.82) is 0 Å². The Balaban J connectivity index is 1.68. The van der Waals surface area contributed by atoms with E-state index in [-0.39, 0.29) is 16.7 Å². The Morgan fingerprint density at radius 3 is 2.24 bits per heavy atom. The summed E-state index contributed by atoms with van der Waals surface area (Å²) in [7, 11) is 0. The first kappa shape index (κ1) is 28.6. The topological polar surface area (TPSA) is 76.1 Å². The molecule has 0 aromatic heterocycles. The van der Waals surface area contributed by atoms with E-state index in [1.54, 1.807) is 42.5 Å². The Morgan fingerprint density at radius 2 is 1.57 bits per heavy atom. The minimum absolute atomic E-state index is 0.0785. The third-order valence-corrected chi connectivity index (χ3v) is 7.06. The van der Waals surface area contributed by atoms with Crippen molar-refractivity contribution < 1.29 is 28.6 Å². The fraction of sp³-hybridized carbons (Fsp3) is 0.200. The molecule has 1 fully saturated rings. The molecular weight excluding hydrogens is 533 g/mol. The minimum Gasteiger partial charge on any atom is -0.507 e. The van der Waals surface area contributed by atoms with Crippen LogP contribution in [0.5, 0.6) is 17.2 Å². The number of benzene rings is 4. The maximum absolute atomic E-state index is 13.8. The first-order valence-electron chi connectivity index (χ1n) is 13.8. The molecule has 4 aromatic rings. The summed E-state index contributed by atoms with van der Waals surface area (Å²) >= 11 is 0. The minimum atomic E-state index is -1.00. The summed E-state index contributed by atoms with van der Waals surface area (Å²) in [5.41, 5.74) is 1.67. The predicted molar refractivity (Wildman–Crippen MR) is 160 cm³/mol. The molecule has 0 radical (unpaired) electrons. The lowest BCUT2D eigenvalue weighted by Crippen LogP contribution is -2.29. The summed E-state index contributed by atoms with van der Waals surface area (Å²) in [5.74, 6) is -0.687. The van der Waals surface area contributed by atoms with Crippen LogP contribution in [0.1, 0.15) is 50.4 Å². The van der Waals surface area contributed by atoms with Gasteiger partial charge in [-0.25, -0.2) is 4.39 Å². The zero-order chi connectivity index (χ0) is 30.0. The van der Waals surface area contributed by atoms with Gasteiger partial charge in [-0.15, -0.1) is 0 Å². The average molecular weight is 566 g/mol. The third kappa shape index (κ3) is 5.63. The number of Topliss-reactive ketones (excluding diaryl/α,β-unsaturated/α-hetero) is 1. The number of aliphatic hydroxyl groups is 1. The molecule has 1 heterocycles. The van der Waals surface area contributed by atoms with E-state index in [0.29, 0.717) is 40.7 Å². The highest BCUT2D eigenvalue weighted by molar-refractivity contribution is 6.51. The van der Waals surface area contributed by atoms with Gasteiger partial charge in [-0.2, -0.15) is 0 Å². The van der Waals surface area contributed by atoms with Gasteiger partial charge < -0.3 is 14.6 Å². The number of amides is 1. The van der Waals surface area contributed by atoms with Crippen molar-refractivity contribution in [2.75, 3.05) is 11.5 Å². The number of ether oxygens (including phenoxy) is 2.